The maximum absolute atomic E-state index is 5.72. The van der Waals surface area contributed by atoms with Crippen LogP contribution in [0.1, 0.15) is 5.56 Å². The van der Waals surface area contributed by atoms with E-state index < -0.39 is 0 Å². The van der Waals surface area contributed by atoms with Gasteiger partial charge in [-0.15, -0.1) is 0 Å². The number of methoxy groups -OCH3 is 1. The van der Waals surface area contributed by atoms with Crippen LogP contribution in [0.5, 0.6) is 5.75 Å². The first-order chi connectivity index (χ1) is 8.33. The molecule has 2 N–H and O–H groups in total. The molecule has 2 atom stereocenters. The second-order valence-corrected chi connectivity index (χ2v) is 5.46. The van der Waals surface area contributed by atoms with E-state index in [9.17, 15) is 0 Å². The summed E-state index contributed by atoms with van der Waals surface area (Å²) in [6.07, 6.45) is 0. The molecule has 1 saturated heterocycles. The molecule has 1 aromatic carbocycles. The number of rotatable bonds is 5. The van der Waals surface area contributed by atoms with Crippen molar-refractivity contribution in [1.82, 2.24) is 0 Å². The molecule has 0 radical (unpaired) electrons. The molecule has 1 fully saturated rings. The first-order valence-electron chi connectivity index (χ1n) is 5.86. The largest absolute Gasteiger partial charge is 0.497 e. The predicted octanol–water partition coefficient (Wildman–Crippen LogP) is 1.90. The predicted molar refractivity (Wildman–Crippen MR) is 71.4 cm³/mol. The van der Waals surface area contributed by atoms with Crippen LogP contribution in [-0.2, 0) is 10.5 Å². The van der Waals surface area contributed by atoms with Crippen LogP contribution < -0.4 is 10.5 Å². The van der Waals surface area contributed by atoms with E-state index in [2.05, 4.69) is 12.1 Å². The highest BCUT2D eigenvalue weighted by Gasteiger charge is 2.27. The molecule has 0 saturated carbocycles. The minimum atomic E-state index is 0.512. The zero-order valence-corrected chi connectivity index (χ0v) is 10.9. The average molecular weight is 253 g/mol. The number of ether oxygens (including phenoxy) is 2. The number of nitrogens with two attached hydrogens (primary N) is 1. The van der Waals surface area contributed by atoms with Gasteiger partial charge >= 0.3 is 0 Å². The Kier molecular flexibility index (Phi) is 4.71. The van der Waals surface area contributed by atoms with Crippen molar-refractivity contribution in [2.24, 2.45) is 11.7 Å². The van der Waals surface area contributed by atoms with E-state index in [1.807, 2.05) is 23.9 Å². The Labute approximate surface area is 107 Å². The van der Waals surface area contributed by atoms with Crippen LogP contribution in [0.4, 0.5) is 0 Å². The minimum absolute atomic E-state index is 0.512. The van der Waals surface area contributed by atoms with Crippen LogP contribution in [0.2, 0.25) is 0 Å². The van der Waals surface area contributed by atoms with E-state index in [4.69, 9.17) is 15.2 Å². The Morgan fingerprint density at radius 3 is 2.76 bits per heavy atom. The van der Waals surface area contributed by atoms with E-state index in [0.717, 1.165) is 31.3 Å². The van der Waals surface area contributed by atoms with Crippen molar-refractivity contribution in [1.29, 1.82) is 0 Å². The third-order valence-corrected chi connectivity index (χ3v) is 4.51. The average Bonchev–Trinajstić information content (AvgIpc) is 2.84. The van der Waals surface area contributed by atoms with Crippen molar-refractivity contribution in [3.8, 4) is 5.75 Å². The summed E-state index contributed by atoms with van der Waals surface area (Å²) in [5.41, 5.74) is 7.04. The highest BCUT2D eigenvalue weighted by molar-refractivity contribution is 7.99. The van der Waals surface area contributed by atoms with E-state index in [1.165, 1.54) is 5.56 Å². The van der Waals surface area contributed by atoms with Gasteiger partial charge in [-0.3, -0.25) is 0 Å². The highest BCUT2D eigenvalue weighted by Crippen LogP contribution is 2.28. The standard InChI is InChI=1S/C13H19NO2S/c1-15-12-4-2-10(3-5-12)9-17-13-8-16-7-11(13)6-14/h2-5,11,13H,6-9,14H2,1H3/t11-,13+/m1/s1. The molecule has 2 rings (SSSR count). The smallest absolute Gasteiger partial charge is 0.118 e. The lowest BCUT2D eigenvalue weighted by Crippen LogP contribution is -2.23. The number of hydrogen-bond donors (Lipinski definition) is 1. The zero-order chi connectivity index (χ0) is 12.1. The summed E-state index contributed by atoms with van der Waals surface area (Å²) < 4.78 is 10.6. The molecule has 3 nitrogen and oxygen atoms in total. The molecule has 1 aliphatic rings. The Hall–Kier alpha value is -0.710. The number of thioether (sulfide) groups is 1. The molecule has 0 bridgehead atoms. The summed E-state index contributed by atoms with van der Waals surface area (Å²) >= 11 is 1.94. The summed E-state index contributed by atoms with van der Waals surface area (Å²) in [7, 11) is 1.69. The highest BCUT2D eigenvalue weighted by atomic mass is 32.2. The van der Waals surface area contributed by atoms with Gasteiger partial charge in [0, 0.05) is 16.9 Å². The topological polar surface area (TPSA) is 44.5 Å². The molecule has 0 aliphatic carbocycles. The molecule has 1 aromatic rings. The molecule has 94 valence electrons. The van der Waals surface area contributed by atoms with E-state index >= 15 is 0 Å². The van der Waals surface area contributed by atoms with E-state index in [-0.39, 0.29) is 0 Å². The Morgan fingerprint density at radius 2 is 2.12 bits per heavy atom. The molecule has 0 aromatic heterocycles. The molecular formula is C13H19NO2S. The normalized spacial score (nSPS) is 23.9. The van der Waals surface area contributed by atoms with Gasteiger partial charge in [-0.05, 0) is 24.2 Å². The van der Waals surface area contributed by atoms with Gasteiger partial charge in [-0.1, -0.05) is 12.1 Å². The number of hydrogen-bond acceptors (Lipinski definition) is 4. The number of benzene rings is 1. The SMILES string of the molecule is COc1ccc(CS[C@H]2COC[C@H]2CN)cc1. The van der Waals surface area contributed by atoms with Crippen LogP contribution in [0.15, 0.2) is 24.3 Å². The van der Waals surface area contributed by atoms with Gasteiger partial charge in [0.15, 0.2) is 0 Å². The fourth-order valence-electron chi connectivity index (χ4n) is 1.91. The summed E-state index contributed by atoms with van der Waals surface area (Å²) in [4.78, 5) is 0. The second-order valence-electron chi connectivity index (χ2n) is 4.23. The van der Waals surface area contributed by atoms with Gasteiger partial charge in [0.05, 0.1) is 20.3 Å². The molecule has 4 heteroatoms. The third-order valence-electron chi connectivity index (χ3n) is 3.07. The van der Waals surface area contributed by atoms with Crippen molar-refractivity contribution in [2.75, 3.05) is 26.9 Å². The van der Waals surface area contributed by atoms with Crippen molar-refractivity contribution in [3.05, 3.63) is 29.8 Å². The van der Waals surface area contributed by atoms with Crippen molar-refractivity contribution < 1.29 is 9.47 Å². The third kappa shape index (κ3) is 3.37. The first-order valence-corrected chi connectivity index (χ1v) is 6.90. The van der Waals surface area contributed by atoms with Gasteiger partial charge in [0.2, 0.25) is 0 Å². The summed E-state index contributed by atoms with van der Waals surface area (Å²) in [5, 5.41) is 0.544. The molecular weight excluding hydrogens is 234 g/mol. The zero-order valence-electron chi connectivity index (χ0n) is 10.1. The maximum Gasteiger partial charge on any atom is 0.118 e. The molecule has 0 spiro atoms. The minimum Gasteiger partial charge on any atom is -0.497 e. The molecule has 0 unspecified atom stereocenters. The van der Waals surface area contributed by atoms with E-state index in [1.54, 1.807) is 7.11 Å². The maximum atomic E-state index is 5.72. The Bertz CT molecular complexity index is 342. The summed E-state index contributed by atoms with van der Waals surface area (Å²) in [6.45, 7) is 2.37. The molecule has 1 heterocycles. The van der Waals surface area contributed by atoms with Crippen LogP contribution in [0.3, 0.4) is 0 Å². The van der Waals surface area contributed by atoms with Crippen molar-refractivity contribution in [3.63, 3.8) is 0 Å². The van der Waals surface area contributed by atoms with Crippen LogP contribution in [0, 0.1) is 5.92 Å². The monoisotopic (exact) mass is 253 g/mol. The second kappa shape index (κ2) is 6.28. The van der Waals surface area contributed by atoms with Crippen LogP contribution >= 0.6 is 11.8 Å². The Morgan fingerprint density at radius 1 is 1.35 bits per heavy atom. The van der Waals surface area contributed by atoms with Gasteiger partial charge in [-0.25, -0.2) is 0 Å². The Balaban J connectivity index is 1.84. The van der Waals surface area contributed by atoms with Crippen LogP contribution in [-0.4, -0.2) is 32.1 Å². The lowest BCUT2D eigenvalue weighted by Gasteiger charge is -2.15. The van der Waals surface area contributed by atoms with Crippen molar-refractivity contribution >= 4 is 11.8 Å². The fraction of sp³-hybridized carbons (Fsp3) is 0.538. The fourth-order valence-corrected chi connectivity index (χ4v) is 3.16. The lowest BCUT2D eigenvalue weighted by molar-refractivity contribution is 0.187. The molecule has 1 aliphatic heterocycles. The quantitative estimate of drug-likeness (QED) is 0.870. The molecule has 17 heavy (non-hydrogen) atoms. The van der Waals surface area contributed by atoms with E-state index in [0.29, 0.717) is 11.2 Å². The van der Waals surface area contributed by atoms with Gasteiger partial charge in [0.1, 0.15) is 5.75 Å². The van der Waals surface area contributed by atoms with Crippen molar-refractivity contribution in [2.45, 2.75) is 11.0 Å². The van der Waals surface area contributed by atoms with Gasteiger partial charge < -0.3 is 15.2 Å². The first kappa shape index (κ1) is 12.7. The van der Waals surface area contributed by atoms with Gasteiger partial charge in [0.25, 0.3) is 0 Å². The van der Waals surface area contributed by atoms with Crippen LogP contribution in [0.25, 0.3) is 0 Å². The molecule has 0 amide bonds. The summed E-state index contributed by atoms with van der Waals surface area (Å²) in [5.74, 6) is 2.43. The summed E-state index contributed by atoms with van der Waals surface area (Å²) in [6, 6.07) is 8.22. The lowest BCUT2D eigenvalue weighted by atomic mass is 10.1. The van der Waals surface area contributed by atoms with Gasteiger partial charge in [-0.2, -0.15) is 11.8 Å².